The average molecular weight is 238 g/mol. The maximum absolute atomic E-state index is 3.52. The molecule has 1 atom stereocenters. The SMILES string of the molecule is CCCN(CC1CCCCCC1)C1CCNC1. The summed E-state index contributed by atoms with van der Waals surface area (Å²) in [6.45, 7) is 7.47. The van der Waals surface area contributed by atoms with Gasteiger partial charge in [0.25, 0.3) is 0 Å². The van der Waals surface area contributed by atoms with Crippen LogP contribution in [0.15, 0.2) is 0 Å². The van der Waals surface area contributed by atoms with Gasteiger partial charge >= 0.3 is 0 Å². The molecule has 0 spiro atoms. The van der Waals surface area contributed by atoms with E-state index in [4.69, 9.17) is 0 Å². The molecule has 0 aromatic rings. The van der Waals surface area contributed by atoms with Gasteiger partial charge in [0.05, 0.1) is 0 Å². The molecule has 0 aromatic carbocycles. The Morgan fingerprint density at radius 2 is 1.82 bits per heavy atom. The number of rotatable bonds is 5. The highest BCUT2D eigenvalue weighted by molar-refractivity contribution is 4.82. The first-order valence-electron chi connectivity index (χ1n) is 7.85. The third-order valence-corrected chi connectivity index (χ3v) is 4.53. The Labute approximate surface area is 107 Å². The van der Waals surface area contributed by atoms with E-state index in [9.17, 15) is 0 Å². The number of hydrogen-bond donors (Lipinski definition) is 1. The van der Waals surface area contributed by atoms with Crippen LogP contribution in [0.4, 0.5) is 0 Å². The first-order valence-corrected chi connectivity index (χ1v) is 7.85. The Morgan fingerprint density at radius 1 is 1.06 bits per heavy atom. The zero-order valence-corrected chi connectivity index (χ0v) is 11.6. The second kappa shape index (κ2) is 7.38. The molecule has 1 saturated carbocycles. The molecule has 2 rings (SSSR count). The molecular formula is C15H30N2. The molecule has 0 amide bonds. The topological polar surface area (TPSA) is 15.3 Å². The summed E-state index contributed by atoms with van der Waals surface area (Å²) < 4.78 is 0. The van der Waals surface area contributed by atoms with Gasteiger partial charge in [-0.05, 0) is 44.7 Å². The van der Waals surface area contributed by atoms with E-state index in [2.05, 4.69) is 17.1 Å². The van der Waals surface area contributed by atoms with Crippen molar-refractivity contribution in [3.8, 4) is 0 Å². The van der Waals surface area contributed by atoms with Crippen LogP contribution in [0.3, 0.4) is 0 Å². The largest absolute Gasteiger partial charge is 0.315 e. The zero-order valence-electron chi connectivity index (χ0n) is 11.6. The summed E-state index contributed by atoms with van der Waals surface area (Å²) in [6.07, 6.45) is 11.6. The Morgan fingerprint density at radius 3 is 2.41 bits per heavy atom. The summed E-state index contributed by atoms with van der Waals surface area (Å²) in [6, 6.07) is 0.832. The molecule has 100 valence electrons. The molecule has 1 aliphatic heterocycles. The molecule has 0 bridgehead atoms. The van der Waals surface area contributed by atoms with E-state index in [1.165, 1.54) is 77.5 Å². The molecular weight excluding hydrogens is 208 g/mol. The average Bonchev–Trinajstić information content (AvgIpc) is 2.75. The first kappa shape index (κ1) is 13.4. The molecule has 1 unspecified atom stereocenters. The van der Waals surface area contributed by atoms with Crippen LogP contribution in [0.2, 0.25) is 0 Å². The number of hydrogen-bond acceptors (Lipinski definition) is 2. The smallest absolute Gasteiger partial charge is 0.0232 e. The van der Waals surface area contributed by atoms with Crippen LogP contribution in [0.5, 0.6) is 0 Å². The van der Waals surface area contributed by atoms with Gasteiger partial charge in [0.1, 0.15) is 0 Å². The fourth-order valence-corrected chi connectivity index (χ4v) is 3.54. The molecule has 2 aliphatic rings. The van der Waals surface area contributed by atoms with Crippen molar-refractivity contribution in [3.05, 3.63) is 0 Å². The lowest BCUT2D eigenvalue weighted by Gasteiger charge is -2.31. The van der Waals surface area contributed by atoms with Crippen molar-refractivity contribution in [2.75, 3.05) is 26.2 Å². The van der Waals surface area contributed by atoms with Crippen molar-refractivity contribution >= 4 is 0 Å². The van der Waals surface area contributed by atoms with E-state index >= 15 is 0 Å². The highest BCUT2D eigenvalue weighted by Gasteiger charge is 2.24. The standard InChI is InChI=1S/C15H30N2/c1-2-11-17(15-9-10-16-12-15)13-14-7-5-3-4-6-8-14/h14-16H,2-13H2,1H3. The summed E-state index contributed by atoms with van der Waals surface area (Å²) >= 11 is 0. The van der Waals surface area contributed by atoms with Crippen LogP contribution in [-0.4, -0.2) is 37.1 Å². The highest BCUT2D eigenvalue weighted by Crippen LogP contribution is 2.25. The van der Waals surface area contributed by atoms with Gasteiger partial charge in [-0.2, -0.15) is 0 Å². The molecule has 2 nitrogen and oxygen atoms in total. The second-order valence-electron chi connectivity index (χ2n) is 6.00. The van der Waals surface area contributed by atoms with Crippen molar-refractivity contribution in [2.24, 2.45) is 5.92 Å². The lowest BCUT2D eigenvalue weighted by atomic mass is 9.98. The molecule has 0 radical (unpaired) electrons. The number of nitrogens with zero attached hydrogens (tertiary/aromatic N) is 1. The molecule has 1 heterocycles. The summed E-state index contributed by atoms with van der Waals surface area (Å²) in [7, 11) is 0. The molecule has 0 aromatic heterocycles. The van der Waals surface area contributed by atoms with Crippen LogP contribution in [0.1, 0.15) is 58.3 Å². The van der Waals surface area contributed by atoms with Gasteiger partial charge in [-0.1, -0.05) is 32.6 Å². The van der Waals surface area contributed by atoms with Gasteiger partial charge in [-0.15, -0.1) is 0 Å². The Bertz CT molecular complexity index is 191. The van der Waals surface area contributed by atoms with Crippen LogP contribution in [-0.2, 0) is 0 Å². The molecule has 1 saturated heterocycles. The summed E-state index contributed by atoms with van der Waals surface area (Å²) in [4.78, 5) is 2.79. The van der Waals surface area contributed by atoms with Crippen molar-refractivity contribution < 1.29 is 0 Å². The number of nitrogens with one attached hydrogen (secondary N) is 1. The van der Waals surface area contributed by atoms with E-state index in [1.54, 1.807) is 0 Å². The summed E-state index contributed by atoms with van der Waals surface area (Å²) in [5, 5.41) is 3.52. The minimum atomic E-state index is 0.832. The maximum atomic E-state index is 3.52. The highest BCUT2D eigenvalue weighted by atomic mass is 15.2. The van der Waals surface area contributed by atoms with Gasteiger partial charge in [-0.25, -0.2) is 0 Å². The summed E-state index contributed by atoms with van der Waals surface area (Å²) in [5.41, 5.74) is 0. The van der Waals surface area contributed by atoms with Gasteiger partial charge in [0.15, 0.2) is 0 Å². The normalized spacial score (nSPS) is 27.5. The molecule has 17 heavy (non-hydrogen) atoms. The molecule has 2 heteroatoms. The van der Waals surface area contributed by atoms with Crippen LogP contribution >= 0.6 is 0 Å². The minimum Gasteiger partial charge on any atom is -0.315 e. The predicted molar refractivity (Wildman–Crippen MR) is 74.3 cm³/mol. The van der Waals surface area contributed by atoms with Crippen LogP contribution < -0.4 is 5.32 Å². The lowest BCUT2D eigenvalue weighted by Crippen LogP contribution is -2.40. The van der Waals surface area contributed by atoms with Gasteiger partial charge in [0.2, 0.25) is 0 Å². The van der Waals surface area contributed by atoms with Gasteiger partial charge < -0.3 is 5.32 Å². The van der Waals surface area contributed by atoms with Crippen molar-refractivity contribution in [1.29, 1.82) is 0 Å². The van der Waals surface area contributed by atoms with Gasteiger partial charge in [-0.3, -0.25) is 4.90 Å². The second-order valence-corrected chi connectivity index (χ2v) is 6.00. The summed E-state index contributed by atoms with van der Waals surface area (Å²) in [5.74, 6) is 0.990. The van der Waals surface area contributed by atoms with Crippen LogP contribution in [0.25, 0.3) is 0 Å². The van der Waals surface area contributed by atoms with Gasteiger partial charge in [0, 0.05) is 19.1 Å². The first-order chi connectivity index (χ1) is 8.40. The third-order valence-electron chi connectivity index (χ3n) is 4.53. The molecule has 1 N–H and O–H groups in total. The van der Waals surface area contributed by atoms with E-state index in [0.29, 0.717) is 0 Å². The van der Waals surface area contributed by atoms with E-state index in [1.807, 2.05) is 0 Å². The van der Waals surface area contributed by atoms with Crippen molar-refractivity contribution in [3.63, 3.8) is 0 Å². The van der Waals surface area contributed by atoms with E-state index in [-0.39, 0.29) is 0 Å². The monoisotopic (exact) mass is 238 g/mol. The lowest BCUT2D eigenvalue weighted by molar-refractivity contribution is 0.168. The maximum Gasteiger partial charge on any atom is 0.0232 e. The van der Waals surface area contributed by atoms with Crippen molar-refractivity contribution in [2.45, 2.75) is 64.3 Å². The zero-order chi connectivity index (χ0) is 11.9. The minimum absolute atomic E-state index is 0.832. The Balaban J connectivity index is 1.82. The Kier molecular flexibility index (Phi) is 5.79. The third kappa shape index (κ3) is 4.26. The predicted octanol–water partition coefficient (Wildman–Crippen LogP) is 3.03. The quantitative estimate of drug-likeness (QED) is 0.741. The molecule has 2 fully saturated rings. The van der Waals surface area contributed by atoms with Crippen molar-refractivity contribution in [1.82, 2.24) is 10.2 Å². The Hall–Kier alpha value is -0.0800. The fourth-order valence-electron chi connectivity index (χ4n) is 3.54. The van der Waals surface area contributed by atoms with E-state index < -0.39 is 0 Å². The van der Waals surface area contributed by atoms with Crippen LogP contribution in [0, 0.1) is 5.92 Å². The molecule has 1 aliphatic carbocycles. The van der Waals surface area contributed by atoms with E-state index in [0.717, 1.165) is 12.0 Å². The fraction of sp³-hybridized carbons (Fsp3) is 1.00.